The number of halogens is 1. The number of fused-ring (bicyclic) bond motifs is 2. The van der Waals surface area contributed by atoms with Gasteiger partial charge in [0.15, 0.2) is 0 Å². The smallest absolute Gasteiger partial charge is 0.233 e. The van der Waals surface area contributed by atoms with Gasteiger partial charge in [0, 0.05) is 24.2 Å². The highest BCUT2D eigenvalue weighted by Gasteiger charge is 2.58. The quantitative estimate of drug-likeness (QED) is 0.913. The summed E-state index contributed by atoms with van der Waals surface area (Å²) in [6.45, 7) is 5.79. The van der Waals surface area contributed by atoms with E-state index in [1.807, 2.05) is 17.0 Å². The van der Waals surface area contributed by atoms with E-state index in [1.54, 1.807) is 0 Å². The molecule has 3 rings (SSSR count). The average Bonchev–Trinajstić information content (AvgIpc) is 2.59. The van der Waals surface area contributed by atoms with Gasteiger partial charge in [-0.15, -0.1) is 0 Å². The zero-order valence-corrected chi connectivity index (χ0v) is 13.5. The molecule has 0 aromatic heterocycles. The number of carbonyl (C=O) groups excluding carboxylic acids is 1. The summed E-state index contributed by atoms with van der Waals surface area (Å²) in [5.41, 5.74) is 7.96. The van der Waals surface area contributed by atoms with Crippen molar-refractivity contribution in [1.29, 1.82) is 0 Å². The van der Waals surface area contributed by atoms with Gasteiger partial charge in [-0.1, -0.05) is 37.6 Å². The third-order valence-corrected chi connectivity index (χ3v) is 5.72. The van der Waals surface area contributed by atoms with Gasteiger partial charge in [-0.2, -0.15) is 0 Å². The first kappa shape index (κ1) is 14.9. The Morgan fingerprint density at radius 2 is 2.24 bits per heavy atom. The van der Waals surface area contributed by atoms with Crippen LogP contribution >= 0.6 is 11.6 Å². The molecule has 2 aliphatic rings. The minimum absolute atomic E-state index is 0.0994. The summed E-state index contributed by atoms with van der Waals surface area (Å²) in [5.74, 6) is 0.416. The van der Waals surface area contributed by atoms with Crippen molar-refractivity contribution in [3.8, 4) is 0 Å². The molecule has 2 N–H and O–H groups in total. The summed E-state index contributed by atoms with van der Waals surface area (Å²) in [6.07, 6.45) is 2.55. The molecular formula is C17H23ClN2O. The van der Waals surface area contributed by atoms with Gasteiger partial charge in [-0.25, -0.2) is 0 Å². The standard InChI is InChI=1S/C17H23ClN2O/c1-3-8-20-9-7-12-13(5-4-6-14(12)18)17(16(20)21)10-15(19)11(17)2/h4-6,11,15H,3,7-10,19H2,1-2H3. The predicted molar refractivity (Wildman–Crippen MR) is 85.5 cm³/mol. The third kappa shape index (κ3) is 2.01. The van der Waals surface area contributed by atoms with Gasteiger partial charge in [0.05, 0.1) is 5.41 Å². The number of nitrogens with zero attached hydrogens (tertiary/aromatic N) is 1. The van der Waals surface area contributed by atoms with Crippen molar-refractivity contribution >= 4 is 17.5 Å². The minimum atomic E-state index is -0.453. The fourth-order valence-corrected chi connectivity index (χ4v) is 4.31. The molecule has 3 unspecified atom stereocenters. The largest absolute Gasteiger partial charge is 0.342 e. The summed E-state index contributed by atoms with van der Waals surface area (Å²) in [7, 11) is 0. The molecule has 3 nitrogen and oxygen atoms in total. The van der Waals surface area contributed by atoms with E-state index in [-0.39, 0.29) is 17.9 Å². The first-order valence-corrected chi connectivity index (χ1v) is 8.23. The van der Waals surface area contributed by atoms with Crippen LogP contribution in [0, 0.1) is 5.92 Å². The van der Waals surface area contributed by atoms with E-state index in [0.29, 0.717) is 0 Å². The van der Waals surface area contributed by atoms with Crippen molar-refractivity contribution in [2.45, 2.75) is 44.6 Å². The van der Waals surface area contributed by atoms with E-state index in [9.17, 15) is 4.79 Å². The van der Waals surface area contributed by atoms with Crippen LogP contribution in [0.3, 0.4) is 0 Å². The van der Waals surface area contributed by atoms with Crippen LogP contribution in [0.5, 0.6) is 0 Å². The van der Waals surface area contributed by atoms with Crippen LogP contribution in [-0.2, 0) is 16.6 Å². The van der Waals surface area contributed by atoms with Crippen LogP contribution in [0.15, 0.2) is 18.2 Å². The first-order valence-electron chi connectivity index (χ1n) is 7.85. The number of rotatable bonds is 2. The van der Waals surface area contributed by atoms with Crippen molar-refractivity contribution in [3.63, 3.8) is 0 Å². The second-order valence-electron chi connectivity index (χ2n) is 6.44. The number of carbonyl (C=O) groups is 1. The van der Waals surface area contributed by atoms with Crippen LogP contribution in [-0.4, -0.2) is 29.9 Å². The Morgan fingerprint density at radius 3 is 2.86 bits per heavy atom. The highest BCUT2D eigenvalue weighted by molar-refractivity contribution is 6.31. The summed E-state index contributed by atoms with van der Waals surface area (Å²) in [4.78, 5) is 15.2. The molecule has 1 amide bonds. The van der Waals surface area contributed by atoms with Gasteiger partial charge in [0.2, 0.25) is 5.91 Å². The van der Waals surface area contributed by atoms with Gasteiger partial charge < -0.3 is 10.6 Å². The molecule has 1 aromatic carbocycles. The van der Waals surface area contributed by atoms with Crippen molar-refractivity contribution < 1.29 is 4.79 Å². The number of nitrogens with two attached hydrogens (primary N) is 1. The molecule has 21 heavy (non-hydrogen) atoms. The maximum atomic E-state index is 13.2. The van der Waals surface area contributed by atoms with Crippen molar-refractivity contribution in [1.82, 2.24) is 4.90 Å². The number of hydrogen-bond donors (Lipinski definition) is 1. The Kier molecular flexibility index (Phi) is 3.74. The topological polar surface area (TPSA) is 46.3 Å². The Bertz CT molecular complexity index is 574. The Balaban J connectivity index is 2.13. The van der Waals surface area contributed by atoms with Crippen LogP contribution in [0.2, 0.25) is 5.02 Å². The highest BCUT2D eigenvalue weighted by Crippen LogP contribution is 2.52. The molecule has 0 radical (unpaired) electrons. The van der Waals surface area contributed by atoms with E-state index in [0.717, 1.165) is 48.5 Å². The van der Waals surface area contributed by atoms with E-state index < -0.39 is 5.41 Å². The number of benzene rings is 1. The monoisotopic (exact) mass is 306 g/mol. The minimum Gasteiger partial charge on any atom is -0.342 e. The van der Waals surface area contributed by atoms with Crippen molar-refractivity contribution in [2.75, 3.05) is 13.1 Å². The fraction of sp³-hybridized carbons (Fsp3) is 0.588. The molecule has 1 heterocycles. The Morgan fingerprint density at radius 1 is 1.48 bits per heavy atom. The molecule has 1 saturated carbocycles. The molecular weight excluding hydrogens is 284 g/mol. The summed E-state index contributed by atoms with van der Waals surface area (Å²) >= 11 is 6.42. The highest BCUT2D eigenvalue weighted by atomic mass is 35.5. The molecule has 1 fully saturated rings. The van der Waals surface area contributed by atoms with Gasteiger partial charge in [-0.3, -0.25) is 4.79 Å². The van der Waals surface area contributed by atoms with E-state index in [4.69, 9.17) is 17.3 Å². The molecule has 1 aromatic rings. The molecule has 1 spiro atoms. The fourth-order valence-electron chi connectivity index (χ4n) is 4.04. The van der Waals surface area contributed by atoms with Crippen LogP contribution in [0.1, 0.15) is 37.8 Å². The van der Waals surface area contributed by atoms with Crippen molar-refractivity contribution in [2.24, 2.45) is 11.7 Å². The molecule has 114 valence electrons. The van der Waals surface area contributed by atoms with E-state index >= 15 is 0 Å². The van der Waals surface area contributed by atoms with Gasteiger partial charge in [-0.05, 0) is 42.4 Å². The average molecular weight is 307 g/mol. The lowest BCUT2D eigenvalue weighted by molar-refractivity contribution is -0.145. The lowest BCUT2D eigenvalue weighted by atomic mass is 9.53. The van der Waals surface area contributed by atoms with Crippen LogP contribution in [0.25, 0.3) is 0 Å². The molecule has 4 heteroatoms. The lowest BCUT2D eigenvalue weighted by Gasteiger charge is -2.52. The maximum absolute atomic E-state index is 13.2. The van der Waals surface area contributed by atoms with E-state index in [2.05, 4.69) is 19.9 Å². The van der Waals surface area contributed by atoms with Crippen molar-refractivity contribution in [3.05, 3.63) is 34.3 Å². The summed E-state index contributed by atoms with van der Waals surface area (Å²) in [5, 5.41) is 0.783. The second-order valence-corrected chi connectivity index (χ2v) is 6.84. The third-order valence-electron chi connectivity index (χ3n) is 5.37. The van der Waals surface area contributed by atoms with Gasteiger partial charge in [0.1, 0.15) is 0 Å². The Hall–Kier alpha value is -1.06. The molecule has 0 bridgehead atoms. The first-order chi connectivity index (χ1) is 10.0. The van der Waals surface area contributed by atoms with Gasteiger partial charge >= 0.3 is 0 Å². The van der Waals surface area contributed by atoms with Crippen LogP contribution in [0.4, 0.5) is 0 Å². The zero-order valence-electron chi connectivity index (χ0n) is 12.7. The van der Waals surface area contributed by atoms with Crippen LogP contribution < -0.4 is 5.73 Å². The normalized spacial score (nSPS) is 31.8. The van der Waals surface area contributed by atoms with E-state index in [1.165, 1.54) is 0 Å². The number of amides is 1. The molecule has 3 atom stereocenters. The maximum Gasteiger partial charge on any atom is 0.233 e. The lowest BCUT2D eigenvalue weighted by Crippen LogP contribution is -2.64. The number of hydrogen-bond acceptors (Lipinski definition) is 2. The molecule has 0 saturated heterocycles. The summed E-state index contributed by atoms with van der Waals surface area (Å²) < 4.78 is 0. The zero-order chi connectivity index (χ0) is 15.2. The van der Waals surface area contributed by atoms with Gasteiger partial charge in [0.25, 0.3) is 0 Å². The molecule has 1 aliphatic heterocycles. The predicted octanol–water partition coefficient (Wildman–Crippen LogP) is 2.74. The second kappa shape index (κ2) is 5.29. The SMILES string of the molecule is CCCN1CCc2c(Cl)cccc2C2(CC(N)C2C)C1=O. The molecule has 1 aliphatic carbocycles. The summed E-state index contributed by atoms with van der Waals surface area (Å²) in [6, 6.07) is 6.07. The Labute approximate surface area is 131 Å².